The van der Waals surface area contributed by atoms with Crippen molar-refractivity contribution in [2.45, 2.75) is 72.2 Å². The van der Waals surface area contributed by atoms with E-state index in [4.69, 9.17) is 9.84 Å². The maximum Gasteiger partial charge on any atom is 0.303 e. The third kappa shape index (κ3) is 13.9. The molecule has 0 spiro atoms. The van der Waals surface area contributed by atoms with E-state index in [0.717, 1.165) is 5.56 Å². The smallest absolute Gasteiger partial charge is 0.303 e. The number of rotatable bonds is 16. The van der Waals surface area contributed by atoms with Gasteiger partial charge >= 0.3 is 11.9 Å². The highest BCUT2D eigenvalue weighted by Gasteiger charge is 2.26. The predicted molar refractivity (Wildman–Crippen MR) is 142 cm³/mol. The number of hydrogen-bond acceptors (Lipinski definition) is 8. The fourth-order valence-electron chi connectivity index (χ4n) is 3.36. The van der Waals surface area contributed by atoms with E-state index in [0.29, 0.717) is 5.69 Å². The molecule has 216 valence electrons. The maximum atomic E-state index is 12.7. The van der Waals surface area contributed by atoms with Crippen LogP contribution in [0.3, 0.4) is 0 Å². The quantitative estimate of drug-likeness (QED) is 0.157. The van der Waals surface area contributed by atoms with Crippen LogP contribution in [0.25, 0.3) is 0 Å². The standard InChI is InChI=1S/C26H39N5O8/c1-15(2)24(31-22(34)13-27-25(37)20(29-16(3)4)10-11-23(35)36)26(38)28-12-21(33)30-19-8-6-18(7-9-19)14-39-17(5)32/h6-9,15-16,20,24,29H,10-14H2,1-5H3,(H,27,37)(H,28,38)(H,30,33)(H,31,34)(H,35,36). The van der Waals surface area contributed by atoms with Gasteiger partial charge < -0.3 is 36.4 Å². The van der Waals surface area contributed by atoms with Gasteiger partial charge in [0.05, 0.1) is 19.1 Å². The molecule has 0 aliphatic heterocycles. The maximum absolute atomic E-state index is 12.7. The van der Waals surface area contributed by atoms with Gasteiger partial charge in [-0.1, -0.05) is 39.8 Å². The number of anilines is 1. The lowest BCUT2D eigenvalue weighted by Gasteiger charge is -2.23. The fourth-order valence-corrected chi connectivity index (χ4v) is 3.36. The van der Waals surface area contributed by atoms with Crippen LogP contribution in [0.15, 0.2) is 24.3 Å². The Morgan fingerprint density at radius 3 is 2.00 bits per heavy atom. The number of carboxylic acid groups (broad SMARTS) is 1. The molecule has 0 saturated heterocycles. The minimum absolute atomic E-state index is 0.0540. The van der Waals surface area contributed by atoms with Gasteiger partial charge in [-0.2, -0.15) is 0 Å². The topological polar surface area (TPSA) is 192 Å². The van der Waals surface area contributed by atoms with E-state index in [2.05, 4.69) is 26.6 Å². The molecule has 39 heavy (non-hydrogen) atoms. The highest BCUT2D eigenvalue weighted by molar-refractivity contribution is 5.96. The molecule has 1 aromatic carbocycles. The highest BCUT2D eigenvalue weighted by Crippen LogP contribution is 2.10. The number of benzene rings is 1. The number of esters is 1. The van der Waals surface area contributed by atoms with Crippen molar-refractivity contribution >= 4 is 41.3 Å². The summed E-state index contributed by atoms with van der Waals surface area (Å²) in [5.74, 6) is -3.95. The summed E-state index contributed by atoms with van der Waals surface area (Å²) in [5, 5.41) is 22.0. The lowest BCUT2D eigenvalue weighted by Crippen LogP contribution is -2.54. The largest absolute Gasteiger partial charge is 0.481 e. The molecule has 1 rings (SSSR count). The molecule has 0 aromatic heterocycles. The number of carboxylic acids is 1. The Bertz CT molecular complexity index is 1010. The molecule has 0 heterocycles. The van der Waals surface area contributed by atoms with Crippen LogP contribution in [0.2, 0.25) is 0 Å². The van der Waals surface area contributed by atoms with Crippen molar-refractivity contribution in [3.05, 3.63) is 29.8 Å². The Morgan fingerprint density at radius 1 is 0.872 bits per heavy atom. The minimum Gasteiger partial charge on any atom is -0.481 e. The highest BCUT2D eigenvalue weighted by atomic mass is 16.5. The van der Waals surface area contributed by atoms with Crippen LogP contribution in [0.1, 0.15) is 53.0 Å². The van der Waals surface area contributed by atoms with E-state index in [9.17, 15) is 28.8 Å². The summed E-state index contributed by atoms with van der Waals surface area (Å²) >= 11 is 0. The SMILES string of the molecule is CC(=O)OCc1ccc(NC(=O)CNC(=O)C(NC(=O)CNC(=O)C(CCC(=O)O)NC(C)C)C(C)C)cc1. The Morgan fingerprint density at radius 2 is 1.46 bits per heavy atom. The summed E-state index contributed by atoms with van der Waals surface area (Å²) in [6.45, 7) is 7.73. The van der Waals surface area contributed by atoms with Gasteiger partial charge in [0.15, 0.2) is 0 Å². The second-order valence-electron chi connectivity index (χ2n) is 9.56. The second kappa shape index (κ2) is 16.8. The van der Waals surface area contributed by atoms with E-state index < -0.39 is 54.2 Å². The molecule has 6 N–H and O–H groups in total. The zero-order chi connectivity index (χ0) is 29.5. The summed E-state index contributed by atoms with van der Waals surface area (Å²) in [4.78, 5) is 71.6. The summed E-state index contributed by atoms with van der Waals surface area (Å²) in [6, 6.07) is 4.81. The number of ether oxygens (including phenoxy) is 1. The molecule has 1 aromatic rings. The van der Waals surface area contributed by atoms with Gasteiger partial charge in [-0.15, -0.1) is 0 Å². The van der Waals surface area contributed by atoms with Crippen molar-refractivity contribution in [1.82, 2.24) is 21.3 Å². The first-order valence-electron chi connectivity index (χ1n) is 12.6. The average Bonchev–Trinajstić information content (AvgIpc) is 2.85. The van der Waals surface area contributed by atoms with Gasteiger partial charge in [0.25, 0.3) is 0 Å². The van der Waals surface area contributed by atoms with Crippen molar-refractivity contribution in [3.63, 3.8) is 0 Å². The molecule has 0 bridgehead atoms. The van der Waals surface area contributed by atoms with Gasteiger partial charge in [0, 0.05) is 25.1 Å². The first-order chi connectivity index (χ1) is 18.3. The van der Waals surface area contributed by atoms with E-state index in [1.165, 1.54) is 6.92 Å². The van der Waals surface area contributed by atoms with Crippen LogP contribution in [-0.4, -0.2) is 71.9 Å². The van der Waals surface area contributed by atoms with Crippen molar-refractivity contribution < 1.29 is 38.6 Å². The Kier molecular flexibility index (Phi) is 14.2. The molecule has 2 atom stereocenters. The molecule has 0 aliphatic rings. The molecule has 2 unspecified atom stereocenters. The van der Waals surface area contributed by atoms with Crippen LogP contribution in [0, 0.1) is 5.92 Å². The van der Waals surface area contributed by atoms with E-state index in [-0.39, 0.29) is 38.0 Å². The average molecular weight is 550 g/mol. The fraction of sp³-hybridized carbons (Fsp3) is 0.538. The number of nitrogens with one attached hydrogen (secondary N) is 5. The van der Waals surface area contributed by atoms with Crippen LogP contribution < -0.4 is 26.6 Å². The normalized spacial score (nSPS) is 12.3. The van der Waals surface area contributed by atoms with E-state index in [1.54, 1.807) is 38.1 Å². The zero-order valence-electron chi connectivity index (χ0n) is 23.0. The van der Waals surface area contributed by atoms with Crippen LogP contribution >= 0.6 is 0 Å². The van der Waals surface area contributed by atoms with Crippen molar-refractivity contribution in [1.29, 1.82) is 0 Å². The molecule has 0 radical (unpaired) electrons. The molecule has 0 saturated carbocycles. The summed E-state index contributed by atoms with van der Waals surface area (Å²) in [5.41, 5.74) is 1.23. The van der Waals surface area contributed by atoms with Gasteiger partial charge in [0.2, 0.25) is 23.6 Å². The van der Waals surface area contributed by atoms with Crippen molar-refractivity contribution in [3.8, 4) is 0 Å². The van der Waals surface area contributed by atoms with Gasteiger partial charge in [-0.05, 0) is 30.0 Å². The minimum atomic E-state index is -1.04. The van der Waals surface area contributed by atoms with Crippen LogP contribution in [0.5, 0.6) is 0 Å². The van der Waals surface area contributed by atoms with E-state index >= 15 is 0 Å². The van der Waals surface area contributed by atoms with Gasteiger partial charge in [-0.3, -0.25) is 28.8 Å². The third-order valence-electron chi connectivity index (χ3n) is 5.29. The number of carbonyl (C=O) groups is 6. The number of amides is 4. The van der Waals surface area contributed by atoms with Crippen LogP contribution in [-0.2, 0) is 40.1 Å². The summed E-state index contributed by atoms with van der Waals surface area (Å²) < 4.78 is 4.90. The third-order valence-corrected chi connectivity index (χ3v) is 5.29. The van der Waals surface area contributed by atoms with Crippen molar-refractivity contribution in [2.75, 3.05) is 18.4 Å². The molecule has 13 nitrogen and oxygen atoms in total. The summed E-state index contributed by atoms with van der Waals surface area (Å²) in [7, 11) is 0. The molecule has 4 amide bonds. The first-order valence-corrected chi connectivity index (χ1v) is 12.6. The van der Waals surface area contributed by atoms with E-state index in [1.807, 2.05) is 13.8 Å². The number of hydrogen-bond donors (Lipinski definition) is 6. The molecule has 13 heteroatoms. The predicted octanol–water partition coefficient (Wildman–Crippen LogP) is 0.293. The molecule has 0 aliphatic carbocycles. The monoisotopic (exact) mass is 549 g/mol. The Hall–Kier alpha value is -4.00. The Labute approximate surface area is 227 Å². The Balaban J connectivity index is 2.57. The second-order valence-corrected chi connectivity index (χ2v) is 9.56. The molecular weight excluding hydrogens is 510 g/mol. The lowest BCUT2D eigenvalue weighted by molar-refractivity contribution is -0.142. The van der Waals surface area contributed by atoms with Crippen LogP contribution in [0.4, 0.5) is 5.69 Å². The zero-order valence-corrected chi connectivity index (χ0v) is 23.0. The molecular formula is C26H39N5O8. The molecule has 0 fully saturated rings. The number of carbonyl (C=O) groups excluding carboxylic acids is 5. The number of aliphatic carboxylic acids is 1. The van der Waals surface area contributed by atoms with Crippen molar-refractivity contribution in [2.24, 2.45) is 5.92 Å². The lowest BCUT2D eigenvalue weighted by atomic mass is 10.0. The van der Waals surface area contributed by atoms with Gasteiger partial charge in [0.1, 0.15) is 12.6 Å². The summed E-state index contributed by atoms with van der Waals surface area (Å²) in [6.07, 6.45) is -0.160. The van der Waals surface area contributed by atoms with Gasteiger partial charge in [-0.25, -0.2) is 0 Å². The first kappa shape index (κ1) is 33.0.